The first-order valence-electron chi connectivity index (χ1n) is 10.6. The SMILES string of the molecule is CCCCNc1c(/N=N/c2ccc(C(=O)NC)cc2)c(O)n(NCCCC)c(=O)c1C#N. The van der Waals surface area contributed by atoms with Crippen molar-refractivity contribution >= 4 is 23.0 Å². The van der Waals surface area contributed by atoms with Crippen LogP contribution in [0.5, 0.6) is 5.88 Å². The molecule has 1 aromatic carbocycles. The molecule has 0 spiro atoms. The van der Waals surface area contributed by atoms with Crippen molar-refractivity contribution in [3.05, 3.63) is 45.7 Å². The Balaban J connectivity index is 2.52. The van der Waals surface area contributed by atoms with Gasteiger partial charge in [0.05, 0.1) is 11.4 Å². The molecule has 32 heavy (non-hydrogen) atoms. The average molecular weight is 440 g/mol. The molecule has 0 aliphatic carbocycles. The summed E-state index contributed by atoms with van der Waals surface area (Å²) in [5.41, 5.74) is 3.06. The number of hydrogen-bond donors (Lipinski definition) is 4. The predicted molar refractivity (Wildman–Crippen MR) is 124 cm³/mol. The van der Waals surface area contributed by atoms with Gasteiger partial charge in [-0.1, -0.05) is 26.7 Å². The summed E-state index contributed by atoms with van der Waals surface area (Å²) in [6.45, 7) is 4.96. The molecular weight excluding hydrogens is 410 g/mol. The number of nitrogens with one attached hydrogen (secondary N) is 3. The molecule has 1 amide bonds. The Labute approximate surface area is 187 Å². The molecule has 1 heterocycles. The summed E-state index contributed by atoms with van der Waals surface area (Å²) in [5, 5.41) is 34.3. The normalized spacial score (nSPS) is 10.7. The maximum absolute atomic E-state index is 12.8. The van der Waals surface area contributed by atoms with Gasteiger partial charge in [0.2, 0.25) is 5.88 Å². The standard InChI is InChI=1S/C22H29N7O3/c1-4-6-12-25-18-17(14-23)21(31)29(26-13-7-5-2)22(32)19(18)28-27-16-10-8-15(9-11-16)20(30)24-3/h8-11,25-26,32H,4-7,12-13H2,1-3H3,(H,24,30)/b28-27+. The van der Waals surface area contributed by atoms with Crippen molar-refractivity contribution in [3.63, 3.8) is 0 Å². The van der Waals surface area contributed by atoms with Gasteiger partial charge in [0, 0.05) is 25.7 Å². The fourth-order valence-electron chi connectivity index (χ4n) is 2.86. The number of carbonyl (C=O) groups excluding carboxylic acids is 1. The van der Waals surface area contributed by atoms with Crippen molar-refractivity contribution in [2.45, 2.75) is 39.5 Å². The zero-order chi connectivity index (χ0) is 23.5. The summed E-state index contributed by atoms with van der Waals surface area (Å²) in [6, 6.07) is 8.33. The average Bonchev–Trinajstić information content (AvgIpc) is 2.81. The van der Waals surface area contributed by atoms with E-state index in [9.17, 15) is 20.0 Å². The number of nitriles is 1. The highest BCUT2D eigenvalue weighted by Gasteiger charge is 2.22. The van der Waals surface area contributed by atoms with Gasteiger partial charge in [-0.2, -0.15) is 15.1 Å². The number of carbonyl (C=O) groups is 1. The van der Waals surface area contributed by atoms with E-state index in [0.717, 1.165) is 30.4 Å². The molecule has 2 rings (SSSR count). The Hall–Kier alpha value is -3.87. The van der Waals surface area contributed by atoms with E-state index in [-0.39, 0.29) is 22.8 Å². The van der Waals surface area contributed by atoms with E-state index in [1.807, 2.05) is 19.9 Å². The van der Waals surface area contributed by atoms with Gasteiger partial charge in [-0.3, -0.25) is 9.59 Å². The molecular formula is C22H29N7O3. The second-order valence-corrected chi connectivity index (χ2v) is 7.04. The molecule has 0 aliphatic rings. The summed E-state index contributed by atoms with van der Waals surface area (Å²) >= 11 is 0. The first-order valence-corrected chi connectivity index (χ1v) is 10.6. The first-order chi connectivity index (χ1) is 15.5. The number of aromatic hydroxyl groups is 1. The third-order valence-electron chi connectivity index (χ3n) is 4.69. The molecule has 10 nitrogen and oxygen atoms in total. The van der Waals surface area contributed by atoms with Crippen LogP contribution in [0.2, 0.25) is 0 Å². The van der Waals surface area contributed by atoms with Crippen LogP contribution in [0.3, 0.4) is 0 Å². The fourth-order valence-corrected chi connectivity index (χ4v) is 2.86. The van der Waals surface area contributed by atoms with E-state index < -0.39 is 11.4 Å². The molecule has 0 saturated carbocycles. The quantitative estimate of drug-likeness (QED) is 0.310. The molecule has 0 saturated heterocycles. The van der Waals surface area contributed by atoms with Gasteiger partial charge in [0.1, 0.15) is 11.6 Å². The zero-order valence-electron chi connectivity index (χ0n) is 18.6. The Morgan fingerprint density at radius 3 is 2.38 bits per heavy atom. The number of hydrogen-bond acceptors (Lipinski definition) is 8. The highest BCUT2D eigenvalue weighted by Crippen LogP contribution is 2.36. The van der Waals surface area contributed by atoms with Crippen LogP contribution in [0.25, 0.3) is 0 Å². The van der Waals surface area contributed by atoms with Gasteiger partial charge in [0.15, 0.2) is 5.69 Å². The van der Waals surface area contributed by atoms with Crippen LogP contribution < -0.4 is 21.6 Å². The Kier molecular flexibility index (Phi) is 9.22. The van der Waals surface area contributed by atoms with Crippen LogP contribution in [0, 0.1) is 11.3 Å². The number of nitrogens with zero attached hydrogens (tertiary/aromatic N) is 4. The number of pyridine rings is 1. The van der Waals surface area contributed by atoms with E-state index in [2.05, 4.69) is 26.3 Å². The van der Waals surface area contributed by atoms with Gasteiger partial charge >= 0.3 is 0 Å². The topological polar surface area (TPSA) is 144 Å². The van der Waals surface area contributed by atoms with Crippen molar-refractivity contribution in [2.24, 2.45) is 10.2 Å². The molecule has 0 radical (unpaired) electrons. The van der Waals surface area contributed by atoms with E-state index in [0.29, 0.717) is 24.3 Å². The second kappa shape index (κ2) is 12.1. The lowest BCUT2D eigenvalue weighted by Gasteiger charge is -2.17. The minimum absolute atomic E-state index is 0.0170. The Bertz CT molecular complexity index is 1050. The van der Waals surface area contributed by atoms with Crippen molar-refractivity contribution in [1.82, 2.24) is 9.99 Å². The molecule has 0 fully saturated rings. The van der Waals surface area contributed by atoms with Gasteiger partial charge < -0.3 is 21.2 Å². The minimum atomic E-state index is -0.658. The van der Waals surface area contributed by atoms with Gasteiger partial charge in [-0.15, -0.1) is 5.11 Å². The van der Waals surface area contributed by atoms with Crippen molar-refractivity contribution in [2.75, 3.05) is 30.9 Å². The van der Waals surface area contributed by atoms with Crippen LogP contribution >= 0.6 is 0 Å². The van der Waals surface area contributed by atoms with E-state index >= 15 is 0 Å². The van der Waals surface area contributed by atoms with Crippen LogP contribution in [0.1, 0.15) is 55.5 Å². The first kappa shape index (κ1) is 24.4. The molecule has 170 valence electrons. The van der Waals surface area contributed by atoms with E-state index in [1.54, 1.807) is 31.3 Å². The lowest BCUT2D eigenvalue weighted by atomic mass is 10.2. The van der Waals surface area contributed by atoms with E-state index in [4.69, 9.17) is 0 Å². The Morgan fingerprint density at radius 2 is 1.78 bits per heavy atom. The zero-order valence-corrected chi connectivity index (χ0v) is 18.6. The number of unbranched alkanes of at least 4 members (excludes halogenated alkanes) is 2. The fraction of sp³-hybridized carbons (Fsp3) is 0.409. The lowest BCUT2D eigenvalue weighted by Crippen LogP contribution is -2.32. The smallest absolute Gasteiger partial charge is 0.292 e. The second-order valence-electron chi connectivity index (χ2n) is 7.04. The Morgan fingerprint density at radius 1 is 1.12 bits per heavy atom. The van der Waals surface area contributed by atoms with Crippen molar-refractivity contribution in [1.29, 1.82) is 5.26 Å². The predicted octanol–water partition coefficient (Wildman–Crippen LogP) is 3.76. The van der Waals surface area contributed by atoms with Crippen LogP contribution in [-0.2, 0) is 0 Å². The largest absolute Gasteiger partial charge is 0.492 e. The van der Waals surface area contributed by atoms with Crippen molar-refractivity contribution < 1.29 is 9.90 Å². The number of rotatable bonds is 11. The number of anilines is 1. The summed E-state index contributed by atoms with van der Waals surface area (Å²) in [6.07, 6.45) is 3.38. The van der Waals surface area contributed by atoms with Crippen LogP contribution in [-0.4, -0.2) is 35.8 Å². The number of amides is 1. The van der Waals surface area contributed by atoms with Crippen molar-refractivity contribution in [3.8, 4) is 11.9 Å². The van der Waals surface area contributed by atoms with Crippen LogP contribution in [0.4, 0.5) is 17.1 Å². The lowest BCUT2D eigenvalue weighted by molar-refractivity contribution is 0.0963. The number of azo groups is 1. The molecule has 2 aromatic rings. The van der Waals surface area contributed by atoms with E-state index in [1.165, 1.54) is 0 Å². The monoisotopic (exact) mass is 439 g/mol. The van der Waals surface area contributed by atoms with Crippen LogP contribution in [0.15, 0.2) is 39.3 Å². The maximum atomic E-state index is 12.8. The highest BCUT2D eigenvalue weighted by atomic mass is 16.3. The third-order valence-corrected chi connectivity index (χ3v) is 4.69. The van der Waals surface area contributed by atoms with Gasteiger partial charge in [-0.25, -0.2) is 0 Å². The molecule has 0 atom stereocenters. The molecule has 0 aliphatic heterocycles. The number of aromatic nitrogens is 1. The minimum Gasteiger partial charge on any atom is -0.492 e. The molecule has 4 N–H and O–H groups in total. The molecule has 10 heteroatoms. The third kappa shape index (κ3) is 5.85. The summed E-state index contributed by atoms with van der Waals surface area (Å²) in [7, 11) is 1.54. The molecule has 1 aromatic heterocycles. The highest BCUT2D eigenvalue weighted by molar-refractivity contribution is 5.94. The maximum Gasteiger partial charge on any atom is 0.292 e. The summed E-state index contributed by atoms with van der Waals surface area (Å²) in [5.74, 6) is -0.660. The van der Waals surface area contributed by atoms with Gasteiger partial charge in [-0.05, 0) is 37.1 Å². The molecule has 0 unspecified atom stereocenters. The van der Waals surface area contributed by atoms with Gasteiger partial charge in [0.25, 0.3) is 11.5 Å². The summed E-state index contributed by atoms with van der Waals surface area (Å²) in [4.78, 5) is 24.5. The summed E-state index contributed by atoms with van der Waals surface area (Å²) < 4.78 is 0.933. The number of benzene rings is 1. The molecule has 0 bridgehead atoms.